The predicted molar refractivity (Wildman–Crippen MR) is 57.6 cm³/mol. The van der Waals surface area contributed by atoms with Crippen molar-refractivity contribution < 1.29 is 8.78 Å². The Kier molecular flexibility index (Phi) is 2.65. The fourth-order valence-corrected chi connectivity index (χ4v) is 1.81. The number of nitrogens with two attached hydrogens (primary N) is 1. The maximum Gasteiger partial charge on any atom is 0.251 e. The molecule has 2 N–H and O–H groups in total. The minimum absolute atomic E-state index is 0.129. The number of aromatic nitrogens is 2. The Labute approximate surface area is 92.5 Å². The van der Waals surface area contributed by atoms with E-state index in [1.54, 1.807) is 6.20 Å². The summed E-state index contributed by atoms with van der Waals surface area (Å²) in [5.41, 5.74) is 6.35. The van der Waals surface area contributed by atoms with Crippen LogP contribution in [0.3, 0.4) is 0 Å². The van der Waals surface area contributed by atoms with Crippen molar-refractivity contribution in [3.8, 4) is 0 Å². The van der Waals surface area contributed by atoms with Gasteiger partial charge in [0.2, 0.25) is 5.95 Å². The highest BCUT2D eigenvalue weighted by Gasteiger charge is 2.34. The number of hydrogen-bond donors (Lipinski definition) is 1. The molecule has 1 aliphatic rings. The average molecular weight is 228 g/mol. The van der Waals surface area contributed by atoms with Crippen LogP contribution in [0.4, 0.5) is 20.5 Å². The zero-order valence-electron chi connectivity index (χ0n) is 9.08. The third-order valence-corrected chi connectivity index (χ3v) is 2.76. The summed E-state index contributed by atoms with van der Waals surface area (Å²) in [7, 11) is 0. The summed E-state index contributed by atoms with van der Waals surface area (Å²) in [4.78, 5) is 9.78. The van der Waals surface area contributed by atoms with Gasteiger partial charge in [0.15, 0.2) is 0 Å². The van der Waals surface area contributed by atoms with Gasteiger partial charge in [-0.05, 0) is 6.92 Å². The van der Waals surface area contributed by atoms with Crippen molar-refractivity contribution in [3.05, 3.63) is 11.8 Å². The van der Waals surface area contributed by atoms with Crippen LogP contribution in [0.15, 0.2) is 6.20 Å². The summed E-state index contributed by atoms with van der Waals surface area (Å²) < 4.78 is 26.0. The molecule has 0 spiro atoms. The Bertz CT molecular complexity index is 384. The van der Waals surface area contributed by atoms with E-state index in [4.69, 9.17) is 5.73 Å². The highest BCUT2D eigenvalue weighted by molar-refractivity contribution is 5.48. The third kappa shape index (κ3) is 2.20. The van der Waals surface area contributed by atoms with Crippen LogP contribution in [-0.4, -0.2) is 29.0 Å². The topological polar surface area (TPSA) is 55.0 Å². The molecule has 0 radical (unpaired) electrons. The first-order valence-electron chi connectivity index (χ1n) is 5.20. The minimum atomic E-state index is -2.54. The molecule has 16 heavy (non-hydrogen) atoms. The van der Waals surface area contributed by atoms with Gasteiger partial charge in [-0.25, -0.2) is 13.8 Å². The molecule has 0 atom stereocenters. The molecule has 1 aromatic rings. The summed E-state index contributed by atoms with van der Waals surface area (Å²) in [6.45, 7) is 2.47. The van der Waals surface area contributed by atoms with Crippen molar-refractivity contribution in [2.75, 3.05) is 23.7 Å². The molecule has 2 rings (SSSR count). The first-order valence-corrected chi connectivity index (χ1v) is 5.20. The molecule has 1 saturated heterocycles. The first kappa shape index (κ1) is 11.0. The third-order valence-electron chi connectivity index (χ3n) is 2.76. The lowest BCUT2D eigenvalue weighted by Crippen LogP contribution is -2.40. The van der Waals surface area contributed by atoms with E-state index >= 15 is 0 Å². The normalized spacial score (nSPS) is 19.8. The van der Waals surface area contributed by atoms with Crippen LogP contribution in [0.25, 0.3) is 0 Å². The number of aryl methyl sites for hydroxylation is 1. The molecule has 6 heteroatoms. The average Bonchev–Trinajstić information content (AvgIpc) is 2.22. The molecule has 0 saturated carbocycles. The number of nitrogens with zero attached hydrogens (tertiary/aromatic N) is 3. The van der Waals surface area contributed by atoms with Crippen LogP contribution < -0.4 is 10.6 Å². The van der Waals surface area contributed by atoms with Gasteiger partial charge in [0.1, 0.15) is 5.82 Å². The Morgan fingerprint density at radius 1 is 1.38 bits per heavy atom. The van der Waals surface area contributed by atoms with E-state index in [-0.39, 0.29) is 18.8 Å². The van der Waals surface area contributed by atoms with Gasteiger partial charge in [0.25, 0.3) is 5.92 Å². The maximum absolute atomic E-state index is 13.0. The molecule has 2 heterocycles. The lowest BCUT2D eigenvalue weighted by molar-refractivity contribution is -0.0221. The van der Waals surface area contributed by atoms with Gasteiger partial charge < -0.3 is 10.6 Å². The molecular formula is C10H14F2N4. The van der Waals surface area contributed by atoms with Crippen LogP contribution in [0.1, 0.15) is 18.4 Å². The molecule has 88 valence electrons. The second-order valence-electron chi connectivity index (χ2n) is 4.08. The van der Waals surface area contributed by atoms with Crippen LogP contribution in [0.2, 0.25) is 0 Å². The molecular weight excluding hydrogens is 214 g/mol. The van der Waals surface area contributed by atoms with E-state index in [0.717, 1.165) is 5.56 Å². The minimum Gasteiger partial charge on any atom is -0.368 e. The number of nitrogen functional groups attached to an aromatic ring is 1. The maximum atomic E-state index is 13.0. The summed E-state index contributed by atoms with van der Waals surface area (Å²) in [6.07, 6.45) is 1.36. The van der Waals surface area contributed by atoms with Crippen molar-refractivity contribution in [1.82, 2.24) is 9.97 Å². The van der Waals surface area contributed by atoms with Gasteiger partial charge in [-0.3, -0.25) is 0 Å². The molecule has 0 aliphatic carbocycles. The highest BCUT2D eigenvalue weighted by atomic mass is 19.3. The van der Waals surface area contributed by atoms with Crippen molar-refractivity contribution in [2.24, 2.45) is 0 Å². The second-order valence-corrected chi connectivity index (χ2v) is 4.08. The predicted octanol–water partition coefficient (Wildman–Crippen LogP) is 1.60. The van der Waals surface area contributed by atoms with E-state index in [1.807, 2.05) is 11.8 Å². The van der Waals surface area contributed by atoms with E-state index in [9.17, 15) is 8.78 Å². The zero-order valence-corrected chi connectivity index (χ0v) is 9.08. The number of hydrogen-bond acceptors (Lipinski definition) is 4. The number of rotatable bonds is 1. The van der Waals surface area contributed by atoms with E-state index < -0.39 is 5.92 Å². The Morgan fingerprint density at radius 2 is 2.00 bits per heavy atom. The Balaban J connectivity index is 2.17. The number of piperidine rings is 1. The van der Waals surface area contributed by atoms with E-state index in [1.165, 1.54) is 0 Å². The van der Waals surface area contributed by atoms with Crippen LogP contribution in [-0.2, 0) is 0 Å². The molecule has 4 nitrogen and oxygen atoms in total. The largest absolute Gasteiger partial charge is 0.368 e. The molecule has 0 amide bonds. The molecule has 1 aliphatic heterocycles. The van der Waals surface area contributed by atoms with Crippen molar-refractivity contribution >= 4 is 11.8 Å². The van der Waals surface area contributed by atoms with Gasteiger partial charge in [-0.2, -0.15) is 4.98 Å². The van der Waals surface area contributed by atoms with E-state index in [2.05, 4.69) is 9.97 Å². The summed E-state index contributed by atoms with van der Waals surface area (Å²) in [5, 5.41) is 0. The van der Waals surface area contributed by atoms with Gasteiger partial charge in [0, 0.05) is 37.7 Å². The lowest BCUT2D eigenvalue weighted by atomic mass is 10.1. The van der Waals surface area contributed by atoms with Crippen molar-refractivity contribution in [3.63, 3.8) is 0 Å². The number of anilines is 2. The first-order chi connectivity index (χ1) is 7.48. The second kappa shape index (κ2) is 3.84. The zero-order chi connectivity index (χ0) is 11.8. The van der Waals surface area contributed by atoms with E-state index in [0.29, 0.717) is 18.9 Å². The highest BCUT2D eigenvalue weighted by Crippen LogP contribution is 2.30. The fourth-order valence-electron chi connectivity index (χ4n) is 1.81. The van der Waals surface area contributed by atoms with Crippen LogP contribution in [0, 0.1) is 6.92 Å². The molecule has 0 bridgehead atoms. The van der Waals surface area contributed by atoms with Crippen molar-refractivity contribution in [2.45, 2.75) is 25.7 Å². The summed E-state index contributed by atoms with van der Waals surface area (Å²) in [5.74, 6) is -1.69. The van der Waals surface area contributed by atoms with Gasteiger partial charge in [-0.1, -0.05) is 0 Å². The quantitative estimate of drug-likeness (QED) is 0.793. The van der Waals surface area contributed by atoms with Crippen LogP contribution in [0.5, 0.6) is 0 Å². The lowest BCUT2D eigenvalue weighted by Gasteiger charge is -2.33. The summed E-state index contributed by atoms with van der Waals surface area (Å²) >= 11 is 0. The number of halogens is 2. The molecule has 1 aromatic heterocycles. The fraction of sp³-hybridized carbons (Fsp3) is 0.600. The van der Waals surface area contributed by atoms with Crippen molar-refractivity contribution in [1.29, 1.82) is 0 Å². The SMILES string of the molecule is Cc1cnc(N)nc1N1CCC(F)(F)CC1. The summed E-state index contributed by atoms with van der Waals surface area (Å²) in [6, 6.07) is 0. The smallest absolute Gasteiger partial charge is 0.251 e. The standard InChI is InChI=1S/C10H14F2N4/c1-7-6-14-9(13)15-8(7)16-4-2-10(11,12)3-5-16/h6H,2-5H2,1H3,(H2,13,14,15). The molecule has 1 fully saturated rings. The van der Waals surface area contributed by atoms with Gasteiger partial charge >= 0.3 is 0 Å². The van der Waals surface area contributed by atoms with Crippen LogP contribution >= 0.6 is 0 Å². The Hall–Kier alpha value is -1.46. The Morgan fingerprint density at radius 3 is 2.62 bits per heavy atom. The monoisotopic (exact) mass is 228 g/mol. The van der Waals surface area contributed by atoms with Gasteiger partial charge in [-0.15, -0.1) is 0 Å². The van der Waals surface area contributed by atoms with Gasteiger partial charge in [0.05, 0.1) is 0 Å². The molecule has 0 unspecified atom stereocenters. The number of alkyl halides is 2. The molecule has 0 aromatic carbocycles.